The van der Waals surface area contributed by atoms with Crippen molar-refractivity contribution in [2.24, 2.45) is 11.0 Å². The first-order valence-electron chi connectivity index (χ1n) is 7.62. The van der Waals surface area contributed by atoms with E-state index in [4.69, 9.17) is 4.74 Å². The zero-order valence-electron chi connectivity index (χ0n) is 14.2. The molecule has 1 heterocycles. The molecule has 0 saturated heterocycles. The van der Waals surface area contributed by atoms with Gasteiger partial charge in [0, 0.05) is 23.5 Å². The number of ether oxygens (including phenoxy) is 1. The van der Waals surface area contributed by atoms with Crippen LogP contribution >= 0.6 is 0 Å². The van der Waals surface area contributed by atoms with Gasteiger partial charge >= 0.3 is 0 Å². The zero-order valence-corrected chi connectivity index (χ0v) is 14.2. The van der Waals surface area contributed by atoms with Crippen LogP contribution in [0.1, 0.15) is 43.9 Å². The van der Waals surface area contributed by atoms with Crippen LogP contribution in [0.3, 0.4) is 0 Å². The lowest BCUT2D eigenvalue weighted by Gasteiger charge is -2.23. The van der Waals surface area contributed by atoms with Crippen LogP contribution in [-0.2, 0) is 4.79 Å². The summed E-state index contributed by atoms with van der Waals surface area (Å²) in [4.78, 5) is 11.3. The highest BCUT2D eigenvalue weighted by Gasteiger charge is 2.26. The number of aliphatic hydroxyl groups is 1. The summed E-state index contributed by atoms with van der Waals surface area (Å²) in [6, 6.07) is 1.68. The predicted octanol–water partition coefficient (Wildman–Crippen LogP) is 2.45. The van der Waals surface area contributed by atoms with Gasteiger partial charge in [-0.05, 0) is 39.3 Å². The Balaban J connectivity index is 2.40. The average Bonchev–Trinajstić information content (AvgIpc) is 2.42. The maximum absolute atomic E-state index is 14.8. The number of nitrogens with zero attached hydrogens (tertiary/aromatic N) is 1. The average molecular weight is 322 g/mol. The molecule has 23 heavy (non-hydrogen) atoms. The number of hydrogen-bond donors (Lipinski definition) is 2. The highest BCUT2D eigenvalue weighted by atomic mass is 19.1. The Morgan fingerprint density at radius 3 is 2.70 bits per heavy atom. The van der Waals surface area contributed by atoms with Crippen molar-refractivity contribution >= 4 is 11.6 Å². The summed E-state index contributed by atoms with van der Waals surface area (Å²) < 4.78 is 20.4. The second-order valence-electron chi connectivity index (χ2n) is 6.75. The summed E-state index contributed by atoms with van der Waals surface area (Å²) in [7, 11) is 0. The molecule has 1 aliphatic heterocycles. The van der Waals surface area contributed by atoms with Crippen LogP contribution in [0, 0.1) is 25.6 Å². The minimum absolute atomic E-state index is 0.0703. The van der Waals surface area contributed by atoms with Gasteiger partial charge in [-0.15, -0.1) is 0 Å². The fraction of sp³-hybridized carbons (Fsp3) is 0.529. The third-order valence-corrected chi connectivity index (χ3v) is 3.73. The lowest BCUT2D eigenvalue weighted by molar-refractivity contribution is -0.121. The Morgan fingerprint density at radius 1 is 1.48 bits per heavy atom. The Labute approximate surface area is 135 Å². The van der Waals surface area contributed by atoms with Crippen molar-refractivity contribution in [2.75, 3.05) is 6.61 Å². The van der Waals surface area contributed by atoms with Crippen molar-refractivity contribution in [3.8, 4) is 5.75 Å². The van der Waals surface area contributed by atoms with Gasteiger partial charge in [0.1, 0.15) is 18.2 Å². The molecule has 1 unspecified atom stereocenters. The largest absolute Gasteiger partial charge is 0.490 e. The highest BCUT2D eigenvalue weighted by Crippen LogP contribution is 2.31. The van der Waals surface area contributed by atoms with Crippen molar-refractivity contribution in [1.29, 1.82) is 0 Å². The van der Waals surface area contributed by atoms with Crippen molar-refractivity contribution in [1.82, 2.24) is 5.43 Å². The summed E-state index contributed by atoms with van der Waals surface area (Å²) >= 11 is 0. The second kappa shape index (κ2) is 6.28. The van der Waals surface area contributed by atoms with Gasteiger partial charge in [0.2, 0.25) is 5.91 Å². The highest BCUT2D eigenvalue weighted by molar-refractivity contribution is 6.06. The van der Waals surface area contributed by atoms with E-state index in [1.54, 1.807) is 26.8 Å². The van der Waals surface area contributed by atoms with Crippen molar-refractivity contribution in [3.63, 3.8) is 0 Å². The maximum atomic E-state index is 14.8. The first kappa shape index (κ1) is 17.4. The lowest BCUT2D eigenvalue weighted by Crippen LogP contribution is -2.32. The van der Waals surface area contributed by atoms with E-state index in [1.165, 1.54) is 0 Å². The number of carbonyl (C=O) groups is 1. The number of amides is 1. The van der Waals surface area contributed by atoms with E-state index in [0.717, 1.165) is 5.56 Å². The Bertz CT molecular complexity index is 663. The standard InChI is InChI=1S/C17H23FN2O3/c1-9-7-13(21)19-20-15(9)12-6-10(2)16(11(3)14(12)18)23-8-17(4,5)22/h6,9,22H,7-8H2,1-5H3,(H,19,21). The van der Waals surface area contributed by atoms with E-state index in [1.807, 2.05) is 13.8 Å². The van der Waals surface area contributed by atoms with Crippen molar-refractivity contribution in [3.05, 3.63) is 28.6 Å². The van der Waals surface area contributed by atoms with Gasteiger partial charge in [-0.3, -0.25) is 4.79 Å². The summed E-state index contributed by atoms with van der Waals surface area (Å²) in [5, 5.41) is 13.8. The number of carbonyl (C=O) groups excluding carboxylic acids is 1. The van der Waals surface area contributed by atoms with Crippen LogP contribution in [-0.4, -0.2) is 28.9 Å². The second-order valence-corrected chi connectivity index (χ2v) is 6.75. The molecule has 1 amide bonds. The Kier molecular flexibility index (Phi) is 4.75. The molecule has 0 spiro atoms. The fourth-order valence-corrected chi connectivity index (χ4v) is 2.58. The van der Waals surface area contributed by atoms with E-state index in [2.05, 4.69) is 10.5 Å². The maximum Gasteiger partial charge on any atom is 0.240 e. The normalized spacial score (nSPS) is 18.5. The summed E-state index contributed by atoms with van der Waals surface area (Å²) in [5.74, 6) is -0.301. The van der Waals surface area contributed by atoms with Crippen LogP contribution in [0.2, 0.25) is 0 Å². The molecule has 126 valence electrons. The predicted molar refractivity (Wildman–Crippen MR) is 86.1 cm³/mol. The fourth-order valence-electron chi connectivity index (χ4n) is 2.58. The minimum Gasteiger partial charge on any atom is -0.490 e. The molecule has 1 atom stereocenters. The van der Waals surface area contributed by atoms with Crippen LogP contribution in [0.15, 0.2) is 11.2 Å². The lowest BCUT2D eigenvalue weighted by atomic mass is 9.91. The molecule has 5 nitrogen and oxygen atoms in total. The molecule has 2 rings (SSSR count). The van der Waals surface area contributed by atoms with Crippen LogP contribution in [0.4, 0.5) is 4.39 Å². The molecule has 1 aromatic carbocycles. The Hall–Kier alpha value is -1.95. The molecule has 0 bridgehead atoms. The van der Waals surface area contributed by atoms with E-state index < -0.39 is 11.4 Å². The molecule has 0 radical (unpaired) electrons. The number of rotatable bonds is 4. The number of hydrazone groups is 1. The third kappa shape index (κ3) is 3.88. The number of nitrogens with one attached hydrogen (secondary N) is 1. The van der Waals surface area contributed by atoms with Crippen LogP contribution in [0.5, 0.6) is 5.75 Å². The van der Waals surface area contributed by atoms with Crippen LogP contribution < -0.4 is 10.2 Å². The van der Waals surface area contributed by atoms with Crippen LogP contribution in [0.25, 0.3) is 0 Å². The molecule has 0 saturated carbocycles. The molecule has 0 aliphatic carbocycles. The summed E-state index contributed by atoms with van der Waals surface area (Å²) in [6.07, 6.45) is 0.285. The smallest absolute Gasteiger partial charge is 0.240 e. The quantitative estimate of drug-likeness (QED) is 0.894. The third-order valence-electron chi connectivity index (χ3n) is 3.73. The van der Waals surface area contributed by atoms with Gasteiger partial charge in [0.25, 0.3) is 0 Å². The van der Waals surface area contributed by atoms with E-state index in [-0.39, 0.29) is 24.9 Å². The van der Waals surface area contributed by atoms with Gasteiger partial charge in [-0.25, -0.2) is 9.82 Å². The first-order chi connectivity index (χ1) is 10.6. The van der Waals surface area contributed by atoms with Gasteiger partial charge in [0.15, 0.2) is 0 Å². The number of benzene rings is 1. The summed E-state index contributed by atoms with van der Waals surface area (Å²) in [6.45, 7) is 8.63. The monoisotopic (exact) mass is 322 g/mol. The molecule has 1 aliphatic rings. The SMILES string of the molecule is Cc1cc(C2=NNC(=O)CC2C)c(F)c(C)c1OCC(C)(C)O. The molecule has 0 fully saturated rings. The van der Waals surface area contributed by atoms with Gasteiger partial charge in [0.05, 0.1) is 11.3 Å². The molecule has 0 aromatic heterocycles. The zero-order chi connectivity index (χ0) is 17.4. The minimum atomic E-state index is -1.000. The Morgan fingerprint density at radius 2 is 2.13 bits per heavy atom. The van der Waals surface area contributed by atoms with Crippen molar-refractivity contribution in [2.45, 2.75) is 46.6 Å². The van der Waals surface area contributed by atoms with Gasteiger partial charge in [-0.2, -0.15) is 5.10 Å². The molecular formula is C17H23FN2O3. The van der Waals surface area contributed by atoms with Gasteiger partial charge < -0.3 is 9.84 Å². The summed E-state index contributed by atoms with van der Waals surface area (Å²) in [5.41, 5.74) is 3.44. The topological polar surface area (TPSA) is 70.9 Å². The van der Waals surface area contributed by atoms with E-state index in [0.29, 0.717) is 22.6 Å². The number of halogens is 1. The van der Waals surface area contributed by atoms with E-state index in [9.17, 15) is 14.3 Å². The molecule has 1 aromatic rings. The molecular weight excluding hydrogens is 299 g/mol. The first-order valence-corrected chi connectivity index (χ1v) is 7.62. The number of hydrogen-bond acceptors (Lipinski definition) is 4. The molecule has 6 heteroatoms. The number of aryl methyl sites for hydroxylation is 1. The van der Waals surface area contributed by atoms with E-state index >= 15 is 0 Å². The van der Waals surface area contributed by atoms with Gasteiger partial charge in [-0.1, -0.05) is 6.92 Å². The molecule has 2 N–H and O–H groups in total. The van der Waals surface area contributed by atoms with Crippen molar-refractivity contribution < 1.29 is 19.0 Å².